The number of aliphatic hydroxyl groups is 1. The Morgan fingerprint density at radius 3 is 2.80 bits per heavy atom. The molecule has 1 aromatic heterocycles. The van der Waals surface area contributed by atoms with Crippen molar-refractivity contribution >= 4 is 21.4 Å². The van der Waals surface area contributed by atoms with Crippen LogP contribution < -0.4 is 4.72 Å². The summed E-state index contributed by atoms with van der Waals surface area (Å²) in [6.07, 6.45) is 0. The van der Waals surface area contributed by atoms with Gasteiger partial charge in [0.05, 0.1) is 17.8 Å². The Balaban J connectivity index is 2.24. The minimum atomic E-state index is -3.97. The van der Waals surface area contributed by atoms with E-state index in [1.165, 1.54) is 17.4 Å². The first-order valence-corrected chi connectivity index (χ1v) is 8.08. The average Bonchev–Trinajstić information content (AvgIpc) is 2.82. The number of aliphatic hydroxyl groups excluding tert-OH is 1. The van der Waals surface area contributed by atoms with Gasteiger partial charge in [-0.15, -0.1) is 11.3 Å². The molecule has 2 aromatic rings. The van der Waals surface area contributed by atoms with Gasteiger partial charge < -0.3 is 5.11 Å². The van der Waals surface area contributed by atoms with Gasteiger partial charge in [-0.3, -0.25) is 0 Å². The van der Waals surface area contributed by atoms with Gasteiger partial charge >= 0.3 is 0 Å². The lowest BCUT2D eigenvalue weighted by Gasteiger charge is -2.08. The van der Waals surface area contributed by atoms with E-state index in [0.717, 1.165) is 22.7 Å². The van der Waals surface area contributed by atoms with Gasteiger partial charge in [0, 0.05) is 11.4 Å². The molecule has 0 bridgehead atoms. The second-order valence-corrected chi connectivity index (χ2v) is 6.78. The number of rotatable bonds is 5. The molecule has 2 rings (SSSR count). The number of sulfonamides is 1. The van der Waals surface area contributed by atoms with Crippen LogP contribution in [0, 0.1) is 12.7 Å². The maximum Gasteiger partial charge on any atom is 0.243 e. The molecule has 1 aromatic carbocycles. The zero-order valence-corrected chi connectivity index (χ0v) is 12.3. The predicted octanol–water partition coefficient (Wildman–Crippen LogP) is 1.56. The zero-order valence-electron chi connectivity index (χ0n) is 10.6. The quantitative estimate of drug-likeness (QED) is 0.877. The zero-order chi connectivity index (χ0) is 14.8. The fraction of sp³-hybridized carbons (Fsp3) is 0.250. The van der Waals surface area contributed by atoms with Crippen LogP contribution >= 0.6 is 11.3 Å². The van der Waals surface area contributed by atoms with Crippen molar-refractivity contribution in [3.63, 3.8) is 0 Å². The van der Waals surface area contributed by atoms with E-state index in [0.29, 0.717) is 5.56 Å². The van der Waals surface area contributed by atoms with E-state index < -0.39 is 20.7 Å². The van der Waals surface area contributed by atoms with Crippen molar-refractivity contribution in [3.8, 4) is 0 Å². The van der Waals surface area contributed by atoms with Crippen molar-refractivity contribution < 1.29 is 17.9 Å². The van der Waals surface area contributed by atoms with Crippen molar-refractivity contribution in [3.05, 3.63) is 45.7 Å². The number of halogens is 1. The molecule has 0 atom stereocenters. The summed E-state index contributed by atoms with van der Waals surface area (Å²) in [4.78, 5) is 4.32. The molecule has 0 fully saturated rings. The molecule has 0 amide bonds. The molecule has 0 unspecified atom stereocenters. The number of hydrogen-bond donors (Lipinski definition) is 2. The number of aromatic nitrogens is 1. The lowest BCUT2D eigenvalue weighted by molar-refractivity contribution is 0.281. The summed E-state index contributed by atoms with van der Waals surface area (Å²) < 4.78 is 40.1. The molecular weight excluding hydrogens is 303 g/mol. The predicted molar refractivity (Wildman–Crippen MR) is 73.2 cm³/mol. The van der Waals surface area contributed by atoms with Crippen LogP contribution in [-0.4, -0.2) is 18.5 Å². The Hall–Kier alpha value is -1.35. The minimum Gasteiger partial charge on any atom is -0.392 e. The number of aryl methyl sites for hydroxylation is 1. The van der Waals surface area contributed by atoms with Gasteiger partial charge in [0.15, 0.2) is 0 Å². The lowest BCUT2D eigenvalue weighted by atomic mass is 10.2. The summed E-state index contributed by atoms with van der Waals surface area (Å²) in [5, 5.41) is 8.99. The SMILES string of the molecule is Cc1ncsc1CNS(=O)(=O)c1cc(CO)ccc1F. The van der Waals surface area contributed by atoms with E-state index >= 15 is 0 Å². The Morgan fingerprint density at radius 1 is 1.45 bits per heavy atom. The number of nitrogens with one attached hydrogen (secondary N) is 1. The fourth-order valence-corrected chi connectivity index (χ4v) is 3.52. The van der Waals surface area contributed by atoms with Crippen LogP contribution in [0.2, 0.25) is 0 Å². The molecule has 20 heavy (non-hydrogen) atoms. The maximum atomic E-state index is 13.6. The molecule has 108 valence electrons. The highest BCUT2D eigenvalue weighted by atomic mass is 32.2. The third kappa shape index (κ3) is 3.21. The third-order valence-electron chi connectivity index (χ3n) is 2.74. The monoisotopic (exact) mass is 316 g/mol. The minimum absolute atomic E-state index is 0.0572. The molecule has 0 saturated carbocycles. The molecule has 5 nitrogen and oxygen atoms in total. The van der Waals surface area contributed by atoms with Crippen LogP contribution in [0.1, 0.15) is 16.1 Å². The van der Waals surface area contributed by atoms with Crippen LogP contribution in [0.4, 0.5) is 4.39 Å². The molecule has 0 aliphatic carbocycles. The first kappa shape index (κ1) is 15.0. The smallest absolute Gasteiger partial charge is 0.243 e. The van der Waals surface area contributed by atoms with E-state index in [4.69, 9.17) is 5.11 Å². The summed E-state index contributed by atoms with van der Waals surface area (Å²) in [5.41, 5.74) is 2.69. The van der Waals surface area contributed by atoms with E-state index in [-0.39, 0.29) is 13.2 Å². The largest absolute Gasteiger partial charge is 0.392 e. The normalized spacial score (nSPS) is 11.8. The Morgan fingerprint density at radius 2 is 2.20 bits per heavy atom. The van der Waals surface area contributed by atoms with E-state index in [1.54, 1.807) is 12.4 Å². The van der Waals surface area contributed by atoms with Crippen molar-refractivity contribution in [2.75, 3.05) is 0 Å². The van der Waals surface area contributed by atoms with Crippen LogP contribution in [0.3, 0.4) is 0 Å². The van der Waals surface area contributed by atoms with E-state index in [2.05, 4.69) is 9.71 Å². The van der Waals surface area contributed by atoms with E-state index in [9.17, 15) is 12.8 Å². The van der Waals surface area contributed by atoms with Gasteiger partial charge in [-0.25, -0.2) is 22.5 Å². The number of nitrogens with zero attached hydrogens (tertiary/aromatic N) is 1. The maximum absolute atomic E-state index is 13.6. The van der Waals surface area contributed by atoms with Gasteiger partial charge in [0.25, 0.3) is 0 Å². The van der Waals surface area contributed by atoms with Crippen LogP contribution in [-0.2, 0) is 23.2 Å². The lowest BCUT2D eigenvalue weighted by Crippen LogP contribution is -2.24. The van der Waals surface area contributed by atoms with Gasteiger partial charge in [-0.05, 0) is 24.6 Å². The molecule has 0 aliphatic heterocycles. The van der Waals surface area contributed by atoms with Gasteiger partial charge in [-0.2, -0.15) is 0 Å². The van der Waals surface area contributed by atoms with Crippen LogP contribution in [0.5, 0.6) is 0 Å². The van der Waals surface area contributed by atoms with Gasteiger partial charge in [0.2, 0.25) is 10.0 Å². The third-order valence-corrected chi connectivity index (χ3v) is 5.09. The first-order valence-electron chi connectivity index (χ1n) is 5.72. The van der Waals surface area contributed by atoms with Crippen LogP contribution in [0.15, 0.2) is 28.6 Å². The summed E-state index contributed by atoms with van der Waals surface area (Å²) in [6.45, 7) is 1.48. The van der Waals surface area contributed by atoms with Gasteiger partial charge in [-0.1, -0.05) is 6.07 Å². The second-order valence-electron chi connectivity index (χ2n) is 4.11. The highest BCUT2D eigenvalue weighted by Gasteiger charge is 2.20. The highest BCUT2D eigenvalue weighted by Crippen LogP contribution is 2.18. The molecule has 0 saturated heterocycles. The molecular formula is C12H13FN2O3S2. The van der Waals surface area contributed by atoms with Crippen molar-refractivity contribution in [2.24, 2.45) is 0 Å². The summed E-state index contributed by atoms with van der Waals surface area (Å²) >= 11 is 1.33. The summed E-state index contributed by atoms with van der Waals surface area (Å²) in [7, 11) is -3.97. The van der Waals surface area contributed by atoms with Crippen molar-refractivity contribution in [1.29, 1.82) is 0 Å². The summed E-state index contributed by atoms with van der Waals surface area (Å²) in [5.74, 6) is -0.851. The summed E-state index contributed by atoms with van der Waals surface area (Å²) in [6, 6.07) is 3.48. The number of hydrogen-bond acceptors (Lipinski definition) is 5. The molecule has 0 radical (unpaired) electrons. The molecule has 0 spiro atoms. The first-order chi connectivity index (χ1) is 9.44. The Kier molecular flexibility index (Phi) is 4.48. The van der Waals surface area contributed by atoms with E-state index in [1.807, 2.05) is 0 Å². The molecule has 1 heterocycles. The molecule has 0 aliphatic rings. The van der Waals surface area contributed by atoms with Crippen molar-refractivity contribution in [2.45, 2.75) is 25.0 Å². The van der Waals surface area contributed by atoms with Gasteiger partial charge in [0.1, 0.15) is 10.7 Å². The topological polar surface area (TPSA) is 79.3 Å². The standard InChI is InChI=1S/C12H13FN2O3S2/c1-8-11(19-7-14-8)5-15-20(17,18)12-4-9(6-16)2-3-10(12)13/h2-4,7,15-16H,5-6H2,1H3. The molecule has 8 heteroatoms. The Labute approximate surface area is 120 Å². The van der Waals surface area contributed by atoms with Crippen LogP contribution in [0.25, 0.3) is 0 Å². The second kappa shape index (κ2) is 5.96. The average molecular weight is 316 g/mol. The van der Waals surface area contributed by atoms with Crippen molar-refractivity contribution in [1.82, 2.24) is 9.71 Å². The molecule has 2 N–H and O–H groups in total. The Bertz CT molecular complexity index is 713. The highest BCUT2D eigenvalue weighted by molar-refractivity contribution is 7.89. The number of benzene rings is 1. The number of thiazole rings is 1. The fourth-order valence-electron chi connectivity index (χ4n) is 1.59.